The van der Waals surface area contributed by atoms with Crippen molar-refractivity contribution < 1.29 is 17.6 Å². The molecule has 0 saturated carbocycles. The minimum Gasteiger partial charge on any atom is -0.242 e. The maximum absolute atomic E-state index is 13.2. The number of hydrogen-bond acceptors (Lipinski definition) is 0. The van der Waals surface area contributed by atoms with E-state index in [1.54, 1.807) is 0 Å². The molecular weight excluding hydrogens is 208 g/mol. The summed E-state index contributed by atoms with van der Waals surface area (Å²) in [7, 11) is 0. The summed E-state index contributed by atoms with van der Waals surface area (Å²) >= 11 is 0. The highest BCUT2D eigenvalue weighted by Gasteiger charge is 2.30. The van der Waals surface area contributed by atoms with E-state index in [1.807, 2.05) is 0 Å². The first-order valence-electron chi connectivity index (χ1n) is 4.37. The molecule has 15 heavy (non-hydrogen) atoms. The first-order chi connectivity index (χ1) is 6.95. The molecule has 82 valence electrons. The lowest BCUT2D eigenvalue weighted by Crippen LogP contribution is -2.04. The van der Waals surface area contributed by atoms with Crippen molar-refractivity contribution in [3.63, 3.8) is 0 Å². The zero-order valence-corrected chi connectivity index (χ0v) is 7.89. The second kappa shape index (κ2) is 4.47. The predicted molar refractivity (Wildman–Crippen MR) is 50.1 cm³/mol. The van der Waals surface area contributed by atoms with Crippen LogP contribution in [0.4, 0.5) is 17.6 Å². The third kappa shape index (κ3) is 3.08. The summed E-state index contributed by atoms with van der Waals surface area (Å²) in [5.41, 5.74) is -0.528. The SMILES string of the molecule is C=CC[C@H](F)c1ccc(C(F)(F)F)cc1. The zero-order chi connectivity index (χ0) is 11.5. The Labute approximate surface area is 85.2 Å². The van der Waals surface area contributed by atoms with Crippen LogP contribution in [0.3, 0.4) is 0 Å². The molecule has 0 saturated heterocycles. The smallest absolute Gasteiger partial charge is 0.242 e. The Morgan fingerprint density at radius 1 is 1.20 bits per heavy atom. The van der Waals surface area contributed by atoms with Crippen LogP contribution in [0.15, 0.2) is 36.9 Å². The van der Waals surface area contributed by atoms with Crippen LogP contribution >= 0.6 is 0 Å². The van der Waals surface area contributed by atoms with Crippen molar-refractivity contribution in [2.75, 3.05) is 0 Å². The highest BCUT2D eigenvalue weighted by atomic mass is 19.4. The van der Waals surface area contributed by atoms with Gasteiger partial charge < -0.3 is 0 Å². The summed E-state index contributed by atoms with van der Waals surface area (Å²) in [6, 6.07) is 4.06. The van der Waals surface area contributed by atoms with Crippen molar-refractivity contribution >= 4 is 0 Å². The van der Waals surface area contributed by atoms with Crippen molar-refractivity contribution in [3.8, 4) is 0 Å². The minimum absolute atomic E-state index is 0.103. The molecule has 0 bridgehead atoms. The van der Waals surface area contributed by atoms with Crippen molar-refractivity contribution in [1.82, 2.24) is 0 Å². The topological polar surface area (TPSA) is 0 Å². The van der Waals surface area contributed by atoms with E-state index < -0.39 is 17.9 Å². The molecular formula is C11H10F4. The van der Waals surface area contributed by atoms with Crippen LogP contribution in [0.2, 0.25) is 0 Å². The van der Waals surface area contributed by atoms with Crippen LogP contribution in [0.1, 0.15) is 23.7 Å². The third-order valence-electron chi connectivity index (χ3n) is 1.97. The van der Waals surface area contributed by atoms with Gasteiger partial charge in [0.15, 0.2) is 0 Å². The van der Waals surface area contributed by atoms with Crippen molar-refractivity contribution in [2.45, 2.75) is 18.8 Å². The minimum atomic E-state index is -4.37. The van der Waals surface area contributed by atoms with Gasteiger partial charge in [0.05, 0.1) is 5.56 Å². The maximum atomic E-state index is 13.2. The van der Waals surface area contributed by atoms with Crippen LogP contribution in [-0.4, -0.2) is 0 Å². The molecule has 0 aliphatic rings. The Hall–Kier alpha value is -1.32. The summed E-state index contributed by atoms with van der Waals surface area (Å²) in [4.78, 5) is 0. The summed E-state index contributed by atoms with van der Waals surface area (Å²) < 4.78 is 49.7. The third-order valence-corrected chi connectivity index (χ3v) is 1.97. The molecule has 1 atom stereocenters. The highest BCUT2D eigenvalue weighted by Crippen LogP contribution is 2.30. The van der Waals surface area contributed by atoms with Crippen LogP contribution in [0.25, 0.3) is 0 Å². The van der Waals surface area contributed by atoms with Gasteiger partial charge in [-0.05, 0) is 17.7 Å². The highest BCUT2D eigenvalue weighted by molar-refractivity contribution is 5.26. The van der Waals surface area contributed by atoms with Crippen LogP contribution in [-0.2, 0) is 6.18 Å². The Bertz CT molecular complexity index is 323. The second-order valence-corrected chi connectivity index (χ2v) is 3.11. The average molecular weight is 218 g/mol. The molecule has 0 heterocycles. The predicted octanol–water partition coefficient (Wildman–Crippen LogP) is 4.29. The van der Waals surface area contributed by atoms with Gasteiger partial charge in [0, 0.05) is 6.42 Å². The molecule has 0 aliphatic heterocycles. The van der Waals surface area contributed by atoms with E-state index >= 15 is 0 Å². The first-order valence-corrected chi connectivity index (χ1v) is 4.37. The Kier molecular flexibility index (Phi) is 3.50. The lowest BCUT2D eigenvalue weighted by molar-refractivity contribution is -0.137. The second-order valence-electron chi connectivity index (χ2n) is 3.11. The molecule has 0 fully saturated rings. The molecule has 0 unspecified atom stereocenters. The summed E-state index contributed by atoms with van der Waals surface area (Å²) in [6.07, 6.45) is -4.17. The fourth-order valence-corrected chi connectivity index (χ4v) is 1.16. The quantitative estimate of drug-likeness (QED) is 0.524. The number of allylic oxidation sites excluding steroid dienone is 1. The zero-order valence-electron chi connectivity index (χ0n) is 7.89. The molecule has 0 N–H and O–H groups in total. The van der Waals surface area contributed by atoms with Crippen LogP contribution in [0, 0.1) is 0 Å². The Balaban J connectivity index is 2.85. The molecule has 1 aromatic carbocycles. The van der Waals surface area contributed by atoms with E-state index in [1.165, 1.54) is 6.08 Å². The van der Waals surface area contributed by atoms with E-state index in [4.69, 9.17) is 0 Å². The molecule has 0 aromatic heterocycles. The van der Waals surface area contributed by atoms with Crippen molar-refractivity contribution in [1.29, 1.82) is 0 Å². The fourth-order valence-electron chi connectivity index (χ4n) is 1.16. The van der Waals surface area contributed by atoms with E-state index in [-0.39, 0.29) is 12.0 Å². The summed E-state index contributed by atoms with van der Waals surface area (Å²) in [5.74, 6) is 0. The van der Waals surface area contributed by atoms with E-state index in [0.29, 0.717) is 0 Å². The van der Waals surface area contributed by atoms with Gasteiger partial charge in [-0.25, -0.2) is 4.39 Å². The van der Waals surface area contributed by atoms with Crippen molar-refractivity contribution in [2.24, 2.45) is 0 Å². The number of rotatable bonds is 3. The van der Waals surface area contributed by atoms with Gasteiger partial charge in [-0.15, -0.1) is 6.58 Å². The van der Waals surface area contributed by atoms with E-state index in [2.05, 4.69) is 6.58 Å². The number of alkyl halides is 4. The van der Waals surface area contributed by atoms with Gasteiger partial charge in [-0.1, -0.05) is 18.2 Å². The van der Waals surface area contributed by atoms with Gasteiger partial charge >= 0.3 is 6.18 Å². The summed E-state index contributed by atoms with van der Waals surface area (Å²) in [5, 5.41) is 0. The van der Waals surface area contributed by atoms with Gasteiger partial charge in [0.1, 0.15) is 6.17 Å². The molecule has 0 amide bonds. The van der Waals surface area contributed by atoms with Crippen molar-refractivity contribution in [3.05, 3.63) is 48.0 Å². The molecule has 0 aliphatic carbocycles. The Morgan fingerprint density at radius 2 is 1.73 bits per heavy atom. The van der Waals surface area contributed by atoms with Gasteiger partial charge in [-0.3, -0.25) is 0 Å². The standard InChI is InChI=1S/C11H10F4/c1-2-3-10(12)8-4-6-9(7-5-8)11(13,14)15/h2,4-7,10H,1,3H2/t10-/m0/s1. The largest absolute Gasteiger partial charge is 0.416 e. The first kappa shape index (κ1) is 11.8. The van der Waals surface area contributed by atoms with Crippen LogP contribution < -0.4 is 0 Å². The fraction of sp³-hybridized carbons (Fsp3) is 0.273. The molecule has 0 radical (unpaired) electrons. The molecule has 4 heteroatoms. The van der Waals surface area contributed by atoms with Crippen LogP contribution in [0.5, 0.6) is 0 Å². The van der Waals surface area contributed by atoms with Gasteiger partial charge in [0.25, 0.3) is 0 Å². The number of benzene rings is 1. The molecule has 0 nitrogen and oxygen atoms in total. The number of halogens is 4. The lowest BCUT2D eigenvalue weighted by Gasteiger charge is -2.09. The number of hydrogen-bond donors (Lipinski definition) is 0. The van der Waals surface area contributed by atoms with E-state index in [0.717, 1.165) is 24.3 Å². The Morgan fingerprint density at radius 3 is 2.13 bits per heavy atom. The molecule has 0 spiro atoms. The monoisotopic (exact) mass is 218 g/mol. The van der Waals surface area contributed by atoms with E-state index in [9.17, 15) is 17.6 Å². The average Bonchev–Trinajstić information content (AvgIpc) is 2.17. The molecule has 1 rings (SSSR count). The van der Waals surface area contributed by atoms with Gasteiger partial charge in [0.2, 0.25) is 0 Å². The lowest BCUT2D eigenvalue weighted by atomic mass is 10.1. The van der Waals surface area contributed by atoms with Gasteiger partial charge in [-0.2, -0.15) is 13.2 Å². The summed E-state index contributed by atoms with van der Waals surface area (Å²) in [6.45, 7) is 3.36. The molecule has 1 aromatic rings. The normalized spacial score (nSPS) is 13.6. The maximum Gasteiger partial charge on any atom is 0.416 e.